The molecule has 0 aliphatic rings. The quantitative estimate of drug-likeness (QED) is 0.625. The van der Waals surface area contributed by atoms with E-state index in [-0.39, 0.29) is 5.84 Å². The molecule has 2 aromatic rings. The first-order valence-electron chi connectivity index (χ1n) is 5.74. The van der Waals surface area contributed by atoms with Gasteiger partial charge in [-0.25, -0.2) is 4.98 Å². The van der Waals surface area contributed by atoms with Gasteiger partial charge in [0.1, 0.15) is 23.0 Å². The molecular formula is C13H15N3O2S. The third kappa shape index (κ3) is 3.69. The van der Waals surface area contributed by atoms with Crippen LogP contribution in [0, 0.1) is 5.41 Å². The van der Waals surface area contributed by atoms with Crippen LogP contribution in [0.1, 0.15) is 10.7 Å². The average molecular weight is 277 g/mol. The lowest BCUT2D eigenvalue weighted by atomic mass is 10.3. The lowest BCUT2D eigenvalue weighted by Gasteiger charge is -2.06. The molecule has 2 rings (SSSR count). The smallest absolute Gasteiger partial charge is 0.142 e. The molecule has 0 aliphatic carbocycles. The van der Waals surface area contributed by atoms with Gasteiger partial charge in [-0.3, -0.25) is 5.41 Å². The van der Waals surface area contributed by atoms with Crippen LogP contribution in [0.5, 0.6) is 11.5 Å². The lowest BCUT2D eigenvalue weighted by molar-refractivity contribution is 0.318. The van der Waals surface area contributed by atoms with Gasteiger partial charge in [0, 0.05) is 17.9 Å². The summed E-state index contributed by atoms with van der Waals surface area (Å²) >= 11 is 1.48. The molecular weight excluding hydrogens is 262 g/mol. The van der Waals surface area contributed by atoms with Crippen LogP contribution < -0.4 is 15.2 Å². The summed E-state index contributed by atoms with van der Waals surface area (Å²) in [5, 5.41) is 9.97. The van der Waals surface area contributed by atoms with Crippen LogP contribution >= 0.6 is 11.3 Å². The van der Waals surface area contributed by atoms with E-state index in [0.717, 1.165) is 16.5 Å². The standard InChI is InChI=1S/C13H15N3O2S/c1-17-9-3-2-4-10(7-9)18-6-5-12-16-11(8-19-12)13(14)15/h2-4,7-8H,5-6H2,1H3,(H3,14,15). The minimum Gasteiger partial charge on any atom is -0.497 e. The molecule has 0 atom stereocenters. The summed E-state index contributed by atoms with van der Waals surface area (Å²) in [5.41, 5.74) is 5.89. The summed E-state index contributed by atoms with van der Waals surface area (Å²) in [6.07, 6.45) is 0.690. The Labute approximate surface area is 115 Å². The van der Waals surface area contributed by atoms with Crippen molar-refractivity contribution in [1.29, 1.82) is 5.41 Å². The number of nitrogen functional groups attached to an aromatic ring is 1. The number of rotatable bonds is 6. The molecule has 1 heterocycles. The molecule has 0 unspecified atom stereocenters. The monoisotopic (exact) mass is 277 g/mol. The molecule has 5 nitrogen and oxygen atoms in total. The van der Waals surface area contributed by atoms with Crippen molar-refractivity contribution in [3.63, 3.8) is 0 Å². The molecule has 0 saturated carbocycles. The highest BCUT2D eigenvalue weighted by molar-refractivity contribution is 7.09. The zero-order valence-corrected chi connectivity index (χ0v) is 11.4. The summed E-state index contributed by atoms with van der Waals surface area (Å²) in [6.45, 7) is 0.526. The van der Waals surface area contributed by atoms with Crippen LogP contribution in [0.25, 0.3) is 0 Å². The van der Waals surface area contributed by atoms with Crippen LogP contribution in [0.4, 0.5) is 0 Å². The van der Waals surface area contributed by atoms with Crippen LogP contribution in [0.2, 0.25) is 0 Å². The first kappa shape index (κ1) is 13.4. The zero-order chi connectivity index (χ0) is 13.7. The van der Waals surface area contributed by atoms with Gasteiger partial charge in [0.2, 0.25) is 0 Å². The summed E-state index contributed by atoms with van der Waals surface area (Å²) in [4.78, 5) is 4.24. The van der Waals surface area contributed by atoms with Gasteiger partial charge in [0.05, 0.1) is 18.7 Å². The molecule has 0 fully saturated rings. The molecule has 0 amide bonds. The Kier molecular flexibility index (Phi) is 4.35. The highest BCUT2D eigenvalue weighted by Crippen LogP contribution is 2.19. The van der Waals surface area contributed by atoms with E-state index in [0.29, 0.717) is 18.7 Å². The van der Waals surface area contributed by atoms with Crippen molar-refractivity contribution in [1.82, 2.24) is 4.98 Å². The van der Waals surface area contributed by atoms with Gasteiger partial charge in [-0.1, -0.05) is 6.07 Å². The molecule has 0 saturated heterocycles. The van der Waals surface area contributed by atoms with Crippen molar-refractivity contribution < 1.29 is 9.47 Å². The highest BCUT2D eigenvalue weighted by Gasteiger charge is 2.04. The van der Waals surface area contributed by atoms with Crippen LogP contribution in [-0.2, 0) is 6.42 Å². The Hall–Kier alpha value is -2.08. The zero-order valence-electron chi connectivity index (χ0n) is 10.6. The maximum atomic E-state index is 7.28. The molecule has 6 heteroatoms. The topological polar surface area (TPSA) is 81.2 Å². The molecule has 19 heavy (non-hydrogen) atoms. The summed E-state index contributed by atoms with van der Waals surface area (Å²) < 4.78 is 10.7. The SMILES string of the molecule is COc1cccc(OCCc2nc(C(=N)N)cs2)c1. The van der Waals surface area contributed by atoms with Crippen LogP contribution in [0.15, 0.2) is 29.6 Å². The number of aromatic nitrogens is 1. The number of ether oxygens (including phenoxy) is 2. The summed E-state index contributed by atoms with van der Waals surface area (Å²) in [6, 6.07) is 7.46. The minimum atomic E-state index is -0.00351. The second kappa shape index (κ2) is 6.19. The van der Waals surface area contributed by atoms with E-state index in [2.05, 4.69) is 4.98 Å². The van der Waals surface area contributed by atoms with Gasteiger partial charge in [-0.05, 0) is 12.1 Å². The van der Waals surface area contributed by atoms with Gasteiger partial charge in [-0.15, -0.1) is 11.3 Å². The first-order chi connectivity index (χ1) is 9.19. The molecule has 1 aromatic carbocycles. The Morgan fingerprint density at radius 2 is 2.21 bits per heavy atom. The highest BCUT2D eigenvalue weighted by atomic mass is 32.1. The van der Waals surface area contributed by atoms with Gasteiger partial charge < -0.3 is 15.2 Å². The number of thiazole rings is 1. The first-order valence-corrected chi connectivity index (χ1v) is 6.62. The number of benzene rings is 1. The van der Waals surface area contributed by atoms with Crippen molar-refractivity contribution in [3.8, 4) is 11.5 Å². The Bertz CT molecular complexity index is 569. The fraction of sp³-hybridized carbons (Fsp3) is 0.231. The second-order valence-corrected chi connectivity index (χ2v) is 4.76. The van der Waals surface area contributed by atoms with Crippen LogP contribution in [-0.4, -0.2) is 24.5 Å². The molecule has 1 aromatic heterocycles. The largest absolute Gasteiger partial charge is 0.497 e. The Morgan fingerprint density at radius 3 is 2.89 bits per heavy atom. The maximum absolute atomic E-state index is 7.28. The molecule has 0 bridgehead atoms. The normalized spacial score (nSPS) is 10.2. The number of nitrogens with one attached hydrogen (secondary N) is 1. The van der Waals surface area contributed by atoms with Crippen LogP contribution in [0.3, 0.4) is 0 Å². The van der Waals surface area contributed by atoms with E-state index in [9.17, 15) is 0 Å². The van der Waals surface area contributed by atoms with Crippen molar-refractivity contribution in [2.75, 3.05) is 13.7 Å². The van der Waals surface area contributed by atoms with E-state index in [1.807, 2.05) is 24.3 Å². The molecule has 0 aliphatic heterocycles. The Morgan fingerprint density at radius 1 is 1.42 bits per heavy atom. The number of nitrogens with zero attached hydrogens (tertiary/aromatic N) is 1. The maximum Gasteiger partial charge on any atom is 0.142 e. The Balaban J connectivity index is 1.86. The van der Waals surface area contributed by atoms with Gasteiger partial charge >= 0.3 is 0 Å². The van der Waals surface area contributed by atoms with Crippen molar-refractivity contribution in [2.45, 2.75) is 6.42 Å². The van der Waals surface area contributed by atoms with Crippen molar-refractivity contribution in [2.24, 2.45) is 5.73 Å². The van der Waals surface area contributed by atoms with E-state index in [1.165, 1.54) is 11.3 Å². The fourth-order valence-electron chi connectivity index (χ4n) is 1.50. The van der Waals surface area contributed by atoms with Gasteiger partial charge in [0.15, 0.2) is 0 Å². The molecule has 0 radical (unpaired) electrons. The third-order valence-electron chi connectivity index (χ3n) is 2.45. The molecule has 3 N–H and O–H groups in total. The summed E-state index contributed by atoms with van der Waals surface area (Å²) in [5.74, 6) is 1.53. The minimum absolute atomic E-state index is 0.00351. The number of nitrogens with two attached hydrogens (primary N) is 1. The fourth-order valence-corrected chi connectivity index (χ4v) is 2.28. The lowest BCUT2D eigenvalue weighted by Crippen LogP contribution is -2.11. The molecule has 100 valence electrons. The molecule has 0 spiro atoms. The predicted octanol–water partition coefficient (Wildman–Crippen LogP) is 2.06. The van der Waals surface area contributed by atoms with E-state index < -0.39 is 0 Å². The number of hydrogen-bond acceptors (Lipinski definition) is 5. The van der Waals surface area contributed by atoms with Gasteiger partial charge in [-0.2, -0.15) is 0 Å². The van der Waals surface area contributed by atoms with Crippen molar-refractivity contribution >= 4 is 17.2 Å². The predicted molar refractivity (Wildman–Crippen MR) is 75.3 cm³/mol. The average Bonchev–Trinajstić information content (AvgIpc) is 2.88. The number of hydrogen-bond donors (Lipinski definition) is 2. The second-order valence-electron chi connectivity index (χ2n) is 3.82. The van der Waals surface area contributed by atoms with Gasteiger partial charge in [0.25, 0.3) is 0 Å². The summed E-state index contributed by atoms with van der Waals surface area (Å²) in [7, 11) is 1.62. The number of methoxy groups -OCH3 is 1. The van der Waals surface area contributed by atoms with Crippen molar-refractivity contribution in [3.05, 3.63) is 40.3 Å². The third-order valence-corrected chi connectivity index (χ3v) is 3.36. The van der Waals surface area contributed by atoms with E-state index >= 15 is 0 Å². The van der Waals surface area contributed by atoms with E-state index in [1.54, 1.807) is 12.5 Å². The number of amidine groups is 1. The van der Waals surface area contributed by atoms with E-state index in [4.69, 9.17) is 20.6 Å².